The molecule has 0 bridgehead atoms. The van der Waals surface area contributed by atoms with Gasteiger partial charge in [0.05, 0.1) is 37.1 Å². The lowest BCUT2D eigenvalue weighted by Gasteiger charge is -2.16. The molecule has 7 heteroatoms. The van der Waals surface area contributed by atoms with Crippen LogP contribution in [0.4, 0.5) is 5.69 Å². The second-order valence-electron chi connectivity index (χ2n) is 5.70. The summed E-state index contributed by atoms with van der Waals surface area (Å²) in [7, 11) is 2.95. The predicted molar refractivity (Wildman–Crippen MR) is 96.7 cm³/mol. The number of anilines is 1. The lowest BCUT2D eigenvalue weighted by molar-refractivity contribution is 0.0696. The molecule has 0 atom stereocenters. The van der Waals surface area contributed by atoms with Gasteiger partial charge in [0.2, 0.25) is 0 Å². The smallest absolute Gasteiger partial charge is 0.335 e. The summed E-state index contributed by atoms with van der Waals surface area (Å²) in [6.07, 6.45) is -0.146. The normalized spacial score (nSPS) is 10.3. The molecule has 1 amide bonds. The van der Waals surface area contributed by atoms with E-state index in [1.165, 1.54) is 38.5 Å². The molecule has 0 aliphatic rings. The molecule has 2 rings (SSSR count). The molecule has 138 valence electrons. The predicted octanol–water partition coefficient (Wildman–Crippen LogP) is 3.44. The minimum Gasteiger partial charge on any atom is -0.497 e. The van der Waals surface area contributed by atoms with Crippen molar-refractivity contribution in [3.63, 3.8) is 0 Å². The van der Waals surface area contributed by atoms with E-state index in [0.717, 1.165) is 0 Å². The SMILES string of the molecule is COc1ccc(OC)c(C(=O)Nc2cc(C(=O)O)ccc2OC(C)C)c1. The number of benzene rings is 2. The standard InChI is InChI=1S/C19H21NO6/c1-11(2)26-17-7-5-12(19(22)23)9-15(17)20-18(21)14-10-13(24-3)6-8-16(14)25-4/h5-11H,1-4H3,(H,20,21)(H,22,23). The lowest BCUT2D eigenvalue weighted by Crippen LogP contribution is -2.16. The molecular formula is C19H21NO6. The van der Waals surface area contributed by atoms with Gasteiger partial charge >= 0.3 is 5.97 Å². The molecular weight excluding hydrogens is 338 g/mol. The number of amides is 1. The maximum absolute atomic E-state index is 12.7. The number of methoxy groups -OCH3 is 2. The molecule has 0 aliphatic heterocycles. The van der Waals surface area contributed by atoms with Crippen LogP contribution in [0.5, 0.6) is 17.2 Å². The van der Waals surface area contributed by atoms with Crippen molar-refractivity contribution in [3.05, 3.63) is 47.5 Å². The van der Waals surface area contributed by atoms with E-state index in [9.17, 15) is 14.7 Å². The Labute approximate surface area is 151 Å². The minimum absolute atomic E-state index is 0.0361. The first-order chi connectivity index (χ1) is 12.3. The van der Waals surface area contributed by atoms with Gasteiger partial charge in [-0.25, -0.2) is 4.79 Å². The van der Waals surface area contributed by atoms with Crippen LogP contribution in [0.25, 0.3) is 0 Å². The van der Waals surface area contributed by atoms with E-state index in [1.807, 2.05) is 13.8 Å². The average molecular weight is 359 g/mol. The van der Waals surface area contributed by atoms with E-state index in [0.29, 0.717) is 17.2 Å². The molecule has 0 radical (unpaired) electrons. The maximum atomic E-state index is 12.7. The van der Waals surface area contributed by atoms with Crippen LogP contribution in [-0.4, -0.2) is 37.3 Å². The van der Waals surface area contributed by atoms with Crippen LogP contribution in [0.15, 0.2) is 36.4 Å². The Balaban J connectivity index is 2.41. The van der Waals surface area contributed by atoms with Gasteiger partial charge in [-0.3, -0.25) is 4.79 Å². The average Bonchev–Trinajstić information content (AvgIpc) is 2.61. The largest absolute Gasteiger partial charge is 0.497 e. The van der Waals surface area contributed by atoms with Crippen LogP contribution in [0.1, 0.15) is 34.6 Å². The fourth-order valence-corrected chi connectivity index (χ4v) is 2.30. The van der Waals surface area contributed by atoms with Crippen molar-refractivity contribution < 1.29 is 28.9 Å². The fraction of sp³-hybridized carbons (Fsp3) is 0.263. The summed E-state index contributed by atoms with van der Waals surface area (Å²) in [5.41, 5.74) is 0.547. The number of carbonyl (C=O) groups is 2. The summed E-state index contributed by atoms with van der Waals surface area (Å²) in [4.78, 5) is 24.0. The lowest BCUT2D eigenvalue weighted by atomic mass is 10.1. The van der Waals surface area contributed by atoms with Crippen LogP contribution in [0.3, 0.4) is 0 Å². The van der Waals surface area contributed by atoms with E-state index >= 15 is 0 Å². The highest BCUT2D eigenvalue weighted by molar-refractivity contribution is 6.07. The molecule has 2 aromatic rings. The number of hydrogen-bond donors (Lipinski definition) is 2. The zero-order valence-electron chi connectivity index (χ0n) is 15.0. The first kappa shape index (κ1) is 19.1. The van der Waals surface area contributed by atoms with Gasteiger partial charge in [0.1, 0.15) is 17.2 Å². The number of carboxylic acid groups (broad SMARTS) is 1. The summed E-state index contributed by atoms with van der Waals surface area (Å²) >= 11 is 0. The number of nitrogens with one attached hydrogen (secondary N) is 1. The van der Waals surface area contributed by atoms with Gasteiger partial charge in [-0.15, -0.1) is 0 Å². The van der Waals surface area contributed by atoms with Gasteiger partial charge in [-0.05, 0) is 50.2 Å². The summed E-state index contributed by atoms with van der Waals surface area (Å²) in [6.45, 7) is 3.67. The number of carbonyl (C=O) groups excluding carboxylic acids is 1. The van der Waals surface area contributed by atoms with Crippen LogP contribution >= 0.6 is 0 Å². The topological polar surface area (TPSA) is 94.1 Å². The van der Waals surface area contributed by atoms with Crippen molar-refractivity contribution in [1.82, 2.24) is 0 Å². The van der Waals surface area contributed by atoms with Crippen molar-refractivity contribution in [1.29, 1.82) is 0 Å². The summed E-state index contributed by atoms with van der Waals surface area (Å²) < 4.78 is 16.0. The van der Waals surface area contributed by atoms with Gasteiger partial charge in [0, 0.05) is 0 Å². The van der Waals surface area contributed by atoms with E-state index < -0.39 is 11.9 Å². The summed E-state index contributed by atoms with van der Waals surface area (Å²) in [5.74, 6) is -0.342. The molecule has 2 N–H and O–H groups in total. The van der Waals surface area contributed by atoms with Gasteiger partial charge in [0.25, 0.3) is 5.91 Å². The zero-order chi connectivity index (χ0) is 19.3. The molecule has 0 saturated heterocycles. The monoisotopic (exact) mass is 359 g/mol. The zero-order valence-corrected chi connectivity index (χ0v) is 15.0. The van der Waals surface area contributed by atoms with Crippen molar-refractivity contribution in [3.8, 4) is 17.2 Å². The molecule has 0 fully saturated rings. The Bertz CT molecular complexity index is 816. The number of rotatable bonds is 7. The van der Waals surface area contributed by atoms with Crippen molar-refractivity contribution >= 4 is 17.6 Å². The highest BCUT2D eigenvalue weighted by Gasteiger charge is 2.18. The Morgan fingerprint density at radius 1 is 1.00 bits per heavy atom. The molecule has 0 saturated carbocycles. The van der Waals surface area contributed by atoms with Gasteiger partial charge < -0.3 is 24.6 Å². The van der Waals surface area contributed by atoms with Crippen LogP contribution < -0.4 is 19.5 Å². The van der Waals surface area contributed by atoms with Crippen LogP contribution in [-0.2, 0) is 0 Å². The van der Waals surface area contributed by atoms with E-state index in [1.54, 1.807) is 12.1 Å². The fourth-order valence-electron chi connectivity index (χ4n) is 2.30. The van der Waals surface area contributed by atoms with Crippen molar-refractivity contribution in [2.75, 3.05) is 19.5 Å². The quantitative estimate of drug-likeness (QED) is 0.786. The van der Waals surface area contributed by atoms with Crippen molar-refractivity contribution in [2.24, 2.45) is 0 Å². The van der Waals surface area contributed by atoms with Crippen molar-refractivity contribution in [2.45, 2.75) is 20.0 Å². The second-order valence-corrected chi connectivity index (χ2v) is 5.70. The van der Waals surface area contributed by atoms with Crippen LogP contribution in [0.2, 0.25) is 0 Å². The third-order valence-electron chi connectivity index (χ3n) is 3.49. The molecule has 0 unspecified atom stereocenters. The van der Waals surface area contributed by atoms with Crippen LogP contribution in [0, 0.1) is 0 Å². The highest BCUT2D eigenvalue weighted by atomic mass is 16.5. The van der Waals surface area contributed by atoms with E-state index in [2.05, 4.69) is 5.32 Å². The number of carboxylic acids is 1. The third kappa shape index (κ3) is 4.44. The highest BCUT2D eigenvalue weighted by Crippen LogP contribution is 2.30. The summed E-state index contributed by atoms with van der Waals surface area (Å²) in [6, 6.07) is 9.12. The number of aromatic carboxylic acids is 1. The summed E-state index contributed by atoms with van der Waals surface area (Å²) in [5, 5.41) is 11.9. The molecule has 0 heterocycles. The molecule has 7 nitrogen and oxygen atoms in total. The third-order valence-corrected chi connectivity index (χ3v) is 3.49. The van der Waals surface area contributed by atoms with E-state index in [4.69, 9.17) is 14.2 Å². The molecule has 0 aliphatic carbocycles. The second kappa shape index (κ2) is 8.24. The Morgan fingerprint density at radius 3 is 2.27 bits per heavy atom. The molecule has 0 aromatic heterocycles. The minimum atomic E-state index is -1.10. The molecule has 2 aromatic carbocycles. The molecule has 26 heavy (non-hydrogen) atoms. The Morgan fingerprint density at radius 2 is 1.69 bits per heavy atom. The van der Waals surface area contributed by atoms with Gasteiger partial charge in [-0.1, -0.05) is 0 Å². The molecule has 0 spiro atoms. The first-order valence-corrected chi connectivity index (χ1v) is 7.93. The number of ether oxygens (including phenoxy) is 3. The Hall–Kier alpha value is -3.22. The number of hydrogen-bond acceptors (Lipinski definition) is 5. The van der Waals surface area contributed by atoms with E-state index in [-0.39, 0.29) is 22.9 Å². The first-order valence-electron chi connectivity index (χ1n) is 7.93. The van der Waals surface area contributed by atoms with Gasteiger partial charge in [-0.2, -0.15) is 0 Å². The Kier molecular flexibility index (Phi) is 6.06. The maximum Gasteiger partial charge on any atom is 0.335 e. The van der Waals surface area contributed by atoms with Gasteiger partial charge in [0.15, 0.2) is 0 Å².